The average Bonchev–Trinajstić information content (AvgIpc) is 3.35. The normalized spacial score (nSPS) is 16.3. The van der Waals surface area contributed by atoms with E-state index in [1.54, 1.807) is 0 Å². The molecule has 2 aromatic heterocycles. The van der Waals surface area contributed by atoms with Gasteiger partial charge in [0.15, 0.2) is 0 Å². The summed E-state index contributed by atoms with van der Waals surface area (Å²) >= 11 is 0. The zero-order valence-electron chi connectivity index (χ0n) is 18.4. The summed E-state index contributed by atoms with van der Waals surface area (Å²) < 4.78 is 54.4. The fraction of sp³-hybridized carbons (Fsp3) is 0.292. The van der Waals surface area contributed by atoms with E-state index in [0.717, 1.165) is 32.3 Å². The number of amides is 1. The molecule has 11 heteroatoms. The van der Waals surface area contributed by atoms with E-state index in [-0.39, 0.29) is 19.0 Å². The lowest BCUT2D eigenvalue weighted by molar-refractivity contribution is -0.148. The number of aromatic nitrogens is 4. The quantitative estimate of drug-likeness (QED) is 0.433. The zero-order chi connectivity index (χ0) is 24.3. The Hall–Kier alpha value is -3.73. The summed E-state index contributed by atoms with van der Waals surface area (Å²) in [4.78, 5) is 17.7. The molecule has 2 aromatic carbocycles. The Balaban J connectivity index is 1.25. The smallest absolute Gasteiger partial charge is 0.354 e. The number of carbonyl (C=O) groups excluding carboxylic acids is 1. The van der Waals surface area contributed by atoms with E-state index >= 15 is 0 Å². The largest absolute Gasteiger partial charge is 0.451 e. The number of alkyl halides is 3. The maximum Gasteiger partial charge on any atom is 0.451 e. The summed E-state index contributed by atoms with van der Waals surface area (Å²) in [5.41, 5.74) is 4.65. The predicted molar refractivity (Wildman–Crippen MR) is 119 cm³/mol. The van der Waals surface area contributed by atoms with E-state index < -0.39 is 17.8 Å². The van der Waals surface area contributed by atoms with Gasteiger partial charge in [-0.2, -0.15) is 13.2 Å². The van der Waals surface area contributed by atoms with Crippen molar-refractivity contribution in [1.82, 2.24) is 30.0 Å². The molecule has 0 bridgehead atoms. The molecule has 7 nitrogen and oxygen atoms in total. The number of H-pyrrole nitrogens is 1. The highest BCUT2D eigenvalue weighted by atomic mass is 19.4. The molecule has 0 saturated carbocycles. The van der Waals surface area contributed by atoms with Crippen LogP contribution in [0.25, 0.3) is 22.2 Å². The Morgan fingerprint density at radius 1 is 1.06 bits per heavy atom. The third-order valence-electron chi connectivity index (χ3n) is 6.61. The molecule has 35 heavy (non-hydrogen) atoms. The second kappa shape index (κ2) is 7.91. The molecule has 0 aliphatic carbocycles. The number of hydrogen-bond acceptors (Lipinski definition) is 4. The van der Waals surface area contributed by atoms with Gasteiger partial charge in [-0.1, -0.05) is 24.3 Å². The predicted octanol–water partition coefficient (Wildman–Crippen LogP) is 3.89. The van der Waals surface area contributed by atoms with Gasteiger partial charge < -0.3 is 14.9 Å². The summed E-state index contributed by atoms with van der Waals surface area (Å²) in [6, 6.07) is 10.5. The maximum absolute atomic E-state index is 14.1. The Morgan fingerprint density at radius 2 is 1.86 bits per heavy atom. The first kappa shape index (κ1) is 21.8. The van der Waals surface area contributed by atoms with Crippen LogP contribution >= 0.6 is 0 Å². The van der Waals surface area contributed by atoms with Gasteiger partial charge >= 0.3 is 6.18 Å². The zero-order valence-corrected chi connectivity index (χ0v) is 18.4. The van der Waals surface area contributed by atoms with Crippen LogP contribution in [0.5, 0.6) is 0 Å². The van der Waals surface area contributed by atoms with Crippen molar-refractivity contribution in [3.63, 3.8) is 0 Å². The lowest BCUT2D eigenvalue weighted by atomic mass is 9.99. The summed E-state index contributed by atoms with van der Waals surface area (Å²) in [6.07, 6.45) is -3.89. The van der Waals surface area contributed by atoms with Gasteiger partial charge in [-0.05, 0) is 35.2 Å². The van der Waals surface area contributed by atoms with Crippen molar-refractivity contribution in [2.24, 2.45) is 0 Å². The summed E-state index contributed by atoms with van der Waals surface area (Å²) in [5, 5.41) is 10.6. The van der Waals surface area contributed by atoms with Crippen LogP contribution in [0.4, 0.5) is 17.6 Å². The Kier molecular flexibility index (Phi) is 4.92. The standard InChI is InChI=1S/C24H20F4N6O/c25-15-9-17-20-16(5-6-29-22(17)35)21(30-18(20)10-15)14-3-1-13(2-4-14)11-33-7-8-34-19(12-33)31-32-23(34)24(26,27)28/h1-4,9-10,30H,5-8,11-12H2,(H,29,35). The number of aromatic amines is 1. The fourth-order valence-electron chi connectivity index (χ4n) is 5.02. The Bertz CT molecular complexity index is 1450. The van der Waals surface area contributed by atoms with Gasteiger partial charge in [0, 0.05) is 42.8 Å². The minimum absolute atomic E-state index is 0.180. The van der Waals surface area contributed by atoms with Crippen molar-refractivity contribution < 1.29 is 22.4 Å². The fourth-order valence-corrected chi connectivity index (χ4v) is 5.02. The van der Waals surface area contributed by atoms with Crippen molar-refractivity contribution in [3.8, 4) is 11.3 Å². The van der Waals surface area contributed by atoms with Crippen molar-refractivity contribution in [2.75, 3.05) is 13.1 Å². The molecule has 0 saturated heterocycles. The first-order valence-electron chi connectivity index (χ1n) is 11.2. The maximum atomic E-state index is 14.1. The molecular formula is C24H20F4N6O. The summed E-state index contributed by atoms with van der Waals surface area (Å²) in [7, 11) is 0. The van der Waals surface area contributed by atoms with Crippen LogP contribution in [-0.4, -0.2) is 43.6 Å². The number of carbonyl (C=O) groups is 1. The number of nitrogens with zero attached hydrogens (tertiary/aromatic N) is 4. The minimum atomic E-state index is -4.51. The van der Waals surface area contributed by atoms with Gasteiger partial charge in [-0.15, -0.1) is 10.2 Å². The van der Waals surface area contributed by atoms with Gasteiger partial charge in [0.25, 0.3) is 5.91 Å². The van der Waals surface area contributed by atoms with Gasteiger partial charge in [0.1, 0.15) is 11.6 Å². The third-order valence-corrected chi connectivity index (χ3v) is 6.61. The highest BCUT2D eigenvalue weighted by Gasteiger charge is 2.39. The van der Waals surface area contributed by atoms with Crippen molar-refractivity contribution in [1.29, 1.82) is 0 Å². The molecule has 0 atom stereocenters. The van der Waals surface area contributed by atoms with E-state index in [1.165, 1.54) is 12.1 Å². The van der Waals surface area contributed by atoms with Crippen LogP contribution in [0.3, 0.4) is 0 Å². The Labute approximate surface area is 196 Å². The molecule has 2 N–H and O–H groups in total. The molecule has 4 aromatic rings. The van der Waals surface area contributed by atoms with E-state index in [9.17, 15) is 22.4 Å². The second-order valence-corrected chi connectivity index (χ2v) is 8.86. The highest BCUT2D eigenvalue weighted by Crippen LogP contribution is 2.35. The molecule has 4 heterocycles. The molecule has 180 valence electrons. The van der Waals surface area contributed by atoms with Gasteiger partial charge in [0.2, 0.25) is 5.82 Å². The average molecular weight is 484 g/mol. The monoisotopic (exact) mass is 484 g/mol. The number of halogens is 4. The molecule has 0 spiro atoms. The number of benzene rings is 2. The number of hydrogen-bond donors (Lipinski definition) is 2. The lowest BCUT2D eigenvalue weighted by Gasteiger charge is -2.28. The molecule has 6 rings (SSSR count). The van der Waals surface area contributed by atoms with Gasteiger partial charge in [0.05, 0.1) is 12.1 Å². The molecule has 2 aliphatic heterocycles. The molecule has 1 amide bonds. The molecule has 2 aliphatic rings. The SMILES string of the molecule is O=C1NCCc2c(-c3ccc(CN4CCn5c(nnc5C(F)(F)F)C4)cc3)[nH]c3cc(F)cc1c23. The first-order valence-corrected chi connectivity index (χ1v) is 11.2. The summed E-state index contributed by atoms with van der Waals surface area (Å²) in [5.74, 6) is -1.40. The van der Waals surface area contributed by atoms with Crippen LogP contribution in [0, 0.1) is 5.82 Å². The number of nitrogens with one attached hydrogen (secondary N) is 2. The van der Waals surface area contributed by atoms with Crippen LogP contribution in [0.15, 0.2) is 36.4 Å². The minimum Gasteiger partial charge on any atom is -0.354 e. The van der Waals surface area contributed by atoms with Crippen LogP contribution < -0.4 is 5.32 Å². The van der Waals surface area contributed by atoms with Gasteiger partial charge in [-0.25, -0.2) is 4.39 Å². The van der Waals surface area contributed by atoms with Crippen LogP contribution in [0.1, 0.15) is 33.1 Å². The third kappa shape index (κ3) is 3.75. The van der Waals surface area contributed by atoms with E-state index in [4.69, 9.17) is 0 Å². The van der Waals surface area contributed by atoms with Crippen molar-refractivity contribution >= 4 is 16.8 Å². The van der Waals surface area contributed by atoms with Crippen molar-refractivity contribution in [2.45, 2.75) is 32.2 Å². The Morgan fingerprint density at radius 3 is 2.63 bits per heavy atom. The summed E-state index contributed by atoms with van der Waals surface area (Å²) in [6.45, 7) is 1.94. The van der Waals surface area contributed by atoms with Crippen LogP contribution in [-0.2, 0) is 32.2 Å². The second-order valence-electron chi connectivity index (χ2n) is 8.86. The van der Waals surface area contributed by atoms with Gasteiger partial charge in [-0.3, -0.25) is 9.69 Å². The number of rotatable bonds is 3. The van der Waals surface area contributed by atoms with Crippen LogP contribution in [0.2, 0.25) is 0 Å². The lowest BCUT2D eigenvalue weighted by Crippen LogP contribution is -2.34. The van der Waals surface area contributed by atoms with Crippen molar-refractivity contribution in [3.05, 3.63) is 70.6 Å². The van der Waals surface area contributed by atoms with E-state index in [2.05, 4.69) is 20.5 Å². The molecule has 0 unspecified atom stereocenters. The first-order chi connectivity index (χ1) is 16.8. The van der Waals surface area contributed by atoms with E-state index in [1.807, 2.05) is 29.2 Å². The molecule has 0 fully saturated rings. The molecular weight excluding hydrogens is 464 g/mol. The number of fused-ring (bicyclic) bond motifs is 1. The highest BCUT2D eigenvalue weighted by molar-refractivity contribution is 6.10. The topological polar surface area (TPSA) is 78.8 Å². The van der Waals surface area contributed by atoms with E-state index in [0.29, 0.717) is 43.0 Å². The molecule has 0 radical (unpaired) electrons.